The fourth-order valence-corrected chi connectivity index (χ4v) is 4.61. The molecule has 1 aromatic rings. The van der Waals surface area contributed by atoms with Gasteiger partial charge in [0.25, 0.3) is 0 Å². The van der Waals surface area contributed by atoms with Gasteiger partial charge in [0, 0.05) is 12.3 Å². The molecular formula is C21H24O4. The Bertz CT molecular complexity index is 732. The first-order chi connectivity index (χ1) is 12.2. The molecule has 1 heterocycles. The van der Waals surface area contributed by atoms with E-state index in [2.05, 4.69) is 12.1 Å². The van der Waals surface area contributed by atoms with E-state index >= 15 is 0 Å². The third-order valence-electron chi connectivity index (χ3n) is 5.80. The molecule has 4 nitrogen and oxygen atoms in total. The molecule has 0 saturated carbocycles. The normalized spacial score (nSPS) is 28.8. The van der Waals surface area contributed by atoms with Gasteiger partial charge < -0.3 is 14.6 Å². The van der Waals surface area contributed by atoms with Crippen molar-refractivity contribution in [3.63, 3.8) is 0 Å². The van der Waals surface area contributed by atoms with Gasteiger partial charge in [0.2, 0.25) is 0 Å². The summed E-state index contributed by atoms with van der Waals surface area (Å²) in [5.74, 6) is 0.900. The lowest BCUT2D eigenvalue weighted by atomic mass is 9.70. The van der Waals surface area contributed by atoms with Crippen LogP contribution in [0.2, 0.25) is 0 Å². The van der Waals surface area contributed by atoms with E-state index in [1.54, 1.807) is 0 Å². The predicted molar refractivity (Wildman–Crippen MR) is 93.9 cm³/mol. The molecule has 1 aromatic carbocycles. The molecule has 4 rings (SSSR count). The number of hydrogen-bond donors (Lipinski definition) is 1. The van der Waals surface area contributed by atoms with Crippen molar-refractivity contribution in [2.45, 2.75) is 50.5 Å². The molecule has 4 heteroatoms. The number of carbonyl (C=O) groups excluding carboxylic acids is 1. The summed E-state index contributed by atoms with van der Waals surface area (Å²) in [4.78, 5) is 12.2. The molecule has 0 spiro atoms. The zero-order chi connectivity index (χ0) is 17.4. The smallest absolute Gasteiger partial charge is 0.337 e. The largest absolute Gasteiger partial charge is 0.508 e. The van der Waals surface area contributed by atoms with Crippen molar-refractivity contribution in [3.05, 3.63) is 58.6 Å². The van der Waals surface area contributed by atoms with Gasteiger partial charge in [-0.05, 0) is 42.7 Å². The van der Waals surface area contributed by atoms with Crippen molar-refractivity contribution in [1.82, 2.24) is 0 Å². The Kier molecular flexibility index (Phi) is 4.28. The molecule has 0 saturated heterocycles. The maximum absolute atomic E-state index is 12.2. The molecule has 132 valence electrons. The second kappa shape index (κ2) is 6.58. The van der Waals surface area contributed by atoms with Crippen LogP contribution in [-0.4, -0.2) is 24.3 Å². The lowest BCUT2D eigenvalue weighted by Gasteiger charge is -2.35. The summed E-state index contributed by atoms with van der Waals surface area (Å²) in [6.45, 7) is 0. The lowest BCUT2D eigenvalue weighted by Crippen LogP contribution is -2.34. The molecule has 0 amide bonds. The minimum absolute atomic E-state index is 0.0668. The molecule has 1 N–H and O–H groups in total. The minimum atomic E-state index is -0.456. The first-order valence-electron chi connectivity index (χ1n) is 9.14. The molecule has 2 aliphatic carbocycles. The average Bonchev–Trinajstić information content (AvgIpc) is 2.85. The maximum Gasteiger partial charge on any atom is 0.337 e. The average molecular weight is 340 g/mol. The Morgan fingerprint density at radius 1 is 1.16 bits per heavy atom. The van der Waals surface area contributed by atoms with Crippen LogP contribution in [0.4, 0.5) is 0 Å². The van der Waals surface area contributed by atoms with Gasteiger partial charge in [-0.1, -0.05) is 36.8 Å². The van der Waals surface area contributed by atoms with Crippen LogP contribution in [-0.2, 0) is 14.3 Å². The summed E-state index contributed by atoms with van der Waals surface area (Å²) in [6.07, 6.45) is 5.52. The third-order valence-corrected chi connectivity index (χ3v) is 5.80. The molecule has 0 bridgehead atoms. The Morgan fingerprint density at radius 2 is 1.92 bits per heavy atom. The summed E-state index contributed by atoms with van der Waals surface area (Å²) >= 11 is 0. The lowest BCUT2D eigenvalue weighted by molar-refractivity contribution is -0.137. The number of benzene rings is 1. The van der Waals surface area contributed by atoms with Crippen LogP contribution in [0.15, 0.2) is 53.0 Å². The number of esters is 1. The van der Waals surface area contributed by atoms with E-state index in [-0.39, 0.29) is 17.6 Å². The van der Waals surface area contributed by atoms with Crippen molar-refractivity contribution in [2.24, 2.45) is 5.92 Å². The van der Waals surface area contributed by atoms with Crippen molar-refractivity contribution in [1.29, 1.82) is 0 Å². The van der Waals surface area contributed by atoms with Crippen molar-refractivity contribution in [2.75, 3.05) is 7.11 Å². The molecule has 1 aliphatic heterocycles. The molecule has 0 aromatic heterocycles. The summed E-state index contributed by atoms with van der Waals surface area (Å²) in [5.41, 5.74) is 2.90. The maximum atomic E-state index is 12.2. The molecular weight excluding hydrogens is 316 g/mol. The van der Waals surface area contributed by atoms with Crippen molar-refractivity contribution in [3.8, 4) is 0 Å². The summed E-state index contributed by atoms with van der Waals surface area (Å²) in [6, 6.07) is 10.3. The number of aliphatic hydroxyl groups is 1. The van der Waals surface area contributed by atoms with Crippen LogP contribution in [0.3, 0.4) is 0 Å². The number of ether oxygens (including phenoxy) is 2. The Balaban J connectivity index is 1.79. The fraction of sp³-hybridized carbons (Fsp3) is 0.476. The van der Waals surface area contributed by atoms with E-state index in [4.69, 9.17) is 9.47 Å². The highest BCUT2D eigenvalue weighted by atomic mass is 16.5. The van der Waals surface area contributed by atoms with Gasteiger partial charge in [0.05, 0.1) is 18.4 Å². The summed E-state index contributed by atoms with van der Waals surface area (Å²) in [5, 5.41) is 10.7. The quantitative estimate of drug-likeness (QED) is 0.811. The van der Waals surface area contributed by atoms with Crippen LogP contribution in [0, 0.1) is 5.92 Å². The zero-order valence-corrected chi connectivity index (χ0v) is 14.5. The number of methoxy groups -OCH3 is 1. The Hall–Kier alpha value is -2.23. The van der Waals surface area contributed by atoms with E-state index < -0.39 is 12.1 Å². The molecule has 3 aliphatic rings. The van der Waals surface area contributed by atoms with E-state index in [9.17, 15) is 9.90 Å². The van der Waals surface area contributed by atoms with E-state index in [0.29, 0.717) is 12.0 Å². The van der Waals surface area contributed by atoms with Gasteiger partial charge in [-0.3, -0.25) is 0 Å². The monoisotopic (exact) mass is 340 g/mol. The van der Waals surface area contributed by atoms with Gasteiger partial charge >= 0.3 is 5.97 Å². The van der Waals surface area contributed by atoms with Crippen LogP contribution in [0.5, 0.6) is 0 Å². The van der Waals surface area contributed by atoms with Crippen LogP contribution < -0.4 is 0 Å². The predicted octanol–water partition coefficient (Wildman–Crippen LogP) is 4.39. The summed E-state index contributed by atoms with van der Waals surface area (Å²) < 4.78 is 11.1. The van der Waals surface area contributed by atoms with Crippen LogP contribution >= 0.6 is 0 Å². The van der Waals surface area contributed by atoms with Gasteiger partial charge in [-0.25, -0.2) is 4.79 Å². The number of allylic oxidation sites excluding steroid dienone is 1. The van der Waals surface area contributed by atoms with E-state index in [1.165, 1.54) is 31.1 Å². The molecule has 0 fully saturated rings. The van der Waals surface area contributed by atoms with E-state index in [0.717, 1.165) is 25.0 Å². The Labute approximate surface area is 148 Å². The minimum Gasteiger partial charge on any atom is -0.508 e. The zero-order valence-electron chi connectivity index (χ0n) is 14.5. The van der Waals surface area contributed by atoms with Crippen molar-refractivity contribution < 1.29 is 19.4 Å². The van der Waals surface area contributed by atoms with Gasteiger partial charge in [0.1, 0.15) is 5.76 Å². The molecule has 25 heavy (non-hydrogen) atoms. The number of carbonyl (C=O) groups is 1. The second-order valence-corrected chi connectivity index (χ2v) is 7.15. The number of rotatable bonds is 2. The molecule has 3 atom stereocenters. The highest BCUT2D eigenvalue weighted by molar-refractivity contribution is 5.89. The fourth-order valence-electron chi connectivity index (χ4n) is 4.61. The van der Waals surface area contributed by atoms with Gasteiger partial charge in [0.15, 0.2) is 6.10 Å². The molecule has 0 radical (unpaired) electrons. The van der Waals surface area contributed by atoms with Crippen LogP contribution in [0.25, 0.3) is 0 Å². The SMILES string of the molecule is COC(=O)C1=C(O)[C@@H]2OC3=C(CCCCC3)[C@@H]2[C@@H](c2ccccc2)C1. The highest BCUT2D eigenvalue weighted by Gasteiger charge is 2.49. The third kappa shape index (κ3) is 2.74. The second-order valence-electron chi connectivity index (χ2n) is 7.15. The molecule has 0 unspecified atom stereocenters. The first kappa shape index (κ1) is 16.2. The van der Waals surface area contributed by atoms with Gasteiger partial charge in [-0.2, -0.15) is 0 Å². The first-order valence-corrected chi connectivity index (χ1v) is 9.14. The van der Waals surface area contributed by atoms with Crippen LogP contribution in [0.1, 0.15) is 50.0 Å². The Morgan fingerprint density at radius 3 is 2.68 bits per heavy atom. The standard InChI is InChI=1S/C21H24O4/c1-24-21(23)16-12-15(13-8-4-2-5-9-13)18-14-10-6-3-7-11-17(14)25-20(18)19(16)22/h2,4-5,8-9,15,18,20,22H,3,6-7,10-12H2,1H3/t15-,18-,20-/m1/s1. The number of hydrogen-bond acceptors (Lipinski definition) is 4. The number of aliphatic hydroxyl groups excluding tert-OH is 1. The van der Waals surface area contributed by atoms with Gasteiger partial charge in [-0.15, -0.1) is 0 Å². The van der Waals surface area contributed by atoms with E-state index in [1.807, 2.05) is 18.2 Å². The van der Waals surface area contributed by atoms with Crippen molar-refractivity contribution >= 4 is 5.97 Å². The topological polar surface area (TPSA) is 55.8 Å². The summed E-state index contributed by atoms with van der Waals surface area (Å²) in [7, 11) is 1.36. The highest BCUT2D eigenvalue weighted by Crippen LogP contribution is 2.52. The number of fused-ring (bicyclic) bond motifs is 2.